The van der Waals surface area contributed by atoms with E-state index in [0.29, 0.717) is 25.8 Å². The number of hydrogen-bond donors (Lipinski definition) is 3. The topological polar surface area (TPSA) is 129 Å². The van der Waals surface area contributed by atoms with Crippen LogP contribution in [0.5, 0.6) is 0 Å². The third-order valence-corrected chi connectivity index (χ3v) is 1080. The van der Waals surface area contributed by atoms with Crippen LogP contribution >= 0.6 is 335 Å². The van der Waals surface area contributed by atoms with Crippen LogP contribution in [-0.4, -0.2) is 110 Å². The number of ether oxygens (including phenoxy) is 2. The molecular formula is C35H52Cl4I21N6O5-. The van der Waals surface area contributed by atoms with Gasteiger partial charge in [0.2, 0.25) is 0 Å². The van der Waals surface area contributed by atoms with E-state index in [2.05, 4.69) is 268 Å². The summed E-state index contributed by atoms with van der Waals surface area (Å²) in [6, 6.07) is 11.6. The van der Waals surface area contributed by atoms with Gasteiger partial charge in [0, 0.05) is 54.9 Å². The van der Waals surface area contributed by atoms with Crippen molar-refractivity contribution in [3.05, 3.63) is 68.7 Å². The molecule has 36 heteroatoms. The molecule has 3 heterocycles. The van der Waals surface area contributed by atoms with Gasteiger partial charge in [-0.25, -0.2) is 9.59 Å². The van der Waals surface area contributed by atoms with E-state index in [4.69, 9.17) is 38.4 Å². The molecule has 0 bridgehead atoms. The van der Waals surface area contributed by atoms with Gasteiger partial charge in [-0.15, -0.1) is 24.8 Å². The normalized spacial score (nSPS) is 18.4. The number of nitrogens with zero attached hydrogens (tertiary/aromatic N) is 3. The summed E-state index contributed by atoms with van der Waals surface area (Å²) in [7, 11) is 0.292. The quantitative estimate of drug-likeness (QED) is 0.105. The number of rotatable bonds is 17. The average molecular weight is 3440 g/mol. The monoisotopic (exact) mass is 3440 g/mol. The molecule has 428 valence electrons. The van der Waals surface area contributed by atoms with E-state index in [-0.39, 0.29) is 119 Å². The van der Waals surface area contributed by atoms with Crippen molar-refractivity contribution in [1.29, 1.82) is 0 Å². The summed E-state index contributed by atoms with van der Waals surface area (Å²) >= 11 is 46.8. The number of carbonyl (C=O) groups excluding carboxylic acids is 3. The number of nitrogens with one attached hydrogen (secondary N) is 2. The van der Waals surface area contributed by atoms with E-state index in [0.717, 1.165) is 86.1 Å². The summed E-state index contributed by atoms with van der Waals surface area (Å²) in [4.78, 5) is 42.1. The maximum atomic E-state index is 12.1. The van der Waals surface area contributed by atoms with E-state index in [1.165, 1.54) is 25.3 Å². The molecule has 2 atom stereocenters. The van der Waals surface area contributed by atoms with Crippen molar-refractivity contribution >= 4 is 353 Å². The van der Waals surface area contributed by atoms with Gasteiger partial charge in [0.25, 0.3) is 0 Å². The summed E-state index contributed by atoms with van der Waals surface area (Å²) in [5, 5.41) is 7.67. The van der Waals surface area contributed by atoms with Gasteiger partial charge in [0.1, 0.15) is 12.1 Å². The maximum absolute atomic E-state index is 12.1. The van der Waals surface area contributed by atoms with Gasteiger partial charge in [-0.05, 0) is 87.0 Å². The first-order chi connectivity index (χ1) is 32.5. The number of halogens is 25. The van der Waals surface area contributed by atoms with Crippen LogP contribution in [0.15, 0.2) is 36.4 Å². The van der Waals surface area contributed by atoms with Crippen LogP contribution in [-0.2, 0) is 32.2 Å². The molecule has 3 aliphatic rings. The van der Waals surface area contributed by atoms with Crippen LogP contribution in [0.1, 0.15) is 47.9 Å². The minimum atomic E-state index is -0.507. The van der Waals surface area contributed by atoms with E-state index in [1.54, 1.807) is 4.90 Å². The number of amides is 2. The molecule has 0 radical (unpaired) electrons. The van der Waals surface area contributed by atoms with Crippen molar-refractivity contribution in [2.24, 2.45) is 5.73 Å². The summed E-state index contributed by atoms with van der Waals surface area (Å²) < 4.78 is 9.59. The van der Waals surface area contributed by atoms with Crippen LogP contribution in [0.3, 0.4) is 0 Å². The molecule has 2 aromatic rings. The molecule has 0 unspecified atom stereocenters. The number of urea groups is 1. The molecule has 3 saturated heterocycles. The first-order valence-corrected chi connectivity index (χ1v) is 140. The first kappa shape index (κ1) is 84.0. The number of carbonyl (C=O) groups is 3. The number of methoxy groups -OCH3 is 2. The van der Waals surface area contributed by atoms with Crippen LogP contribution in [0.2, 0.25) is 10.0 Å². The fraction of sp³-hybridized carbons (Fsp3) is 0.571. The molecule has 4 N–H and O–H groups in total. The molecule has 5 rings (SSSR count). The third-order valence-electron chi connectivity index (χ3n) is 9.97. The Balaban J connectivity index is 0.000000981. The predicted octanol–water partition coefficient (Wildman–Crippen LogP) is 19.4. The second-order valence-corrected chi connectivity index (χ2v) is 421. The van der Waals surface area contributed by atoms with Gasteiger partial charge in [0.05, 0.1) is 20.8 Å². The zero-order chi connectivity index (χ0) is 52.1. The van der Waals surface area contributed by atoms with Crippen molar-refractivity contribution < 1.29 is 37.1 Å². The van der Waals surface area contributed by atoms with Crippen LogP contribution in [0.25, 0.3) is 0 Å². The Morgan fingerprint density at radius 1 is 0.746 bits per heavy atom. The molecule has 71 heavy (non-hydrogen) atoms. The standard InChI is InChI=1S/C18H24ClN3O3.C17H26ClN3O2.2ClH.I11.I10/c1-12-9-13(3-4-15(12)19)11-21-7-5-14(6-8-21)22-16(17(23)25-2)10-20-18(22)24;1-12-9-13(3-4-15(12)18)11-21-7-5-14(6-8-21)20-16(10-19)17(22)23-2;;;1-7-9(4)11(6)10(5)8(2)3;1-7(2)9(5)10(6)8(3)4/h3-4,9,14,16H,5-8,10-11H2,1-2H3,(H,20,24);3-4,9,14,16,20H,5-8,10-11,19H2,1-2H3;2*1H;;/q;;;;-1;/t2*16-;;;;/m11..../s1. The van der Waals surface area contributed by atoms with Gasteiger partial charge >= 0.3 is 318 Å². The number of hydrogen-bond acceptors (Lipinski definition) is 9. The molecule has 0 aromatic heterocycles. The SMILES string of the molecule is COC(=O)[C@@H](CN)NC1CCN(Cc2ccc(Cl)c(C)c2)CC1.COC(=O)[C@H]1CNC(=O)N1C1CCN(Cc2ccc(Cl)c(C)c2)CC1.Cl.Cl.II(I)I(I)I(I)I(I)I.I[I-]I(I)I(I)I(I)I(I)I. The molecule has 0 spiro atoms. The van der Waals surface area contributed by atoms with E-state index in [9.17, 15) is 14.4 Å². The van der Waals surface area contributed by atoms with Crippen molar-refractivity contribution in [2.45, 2.75) is 76.8 Å². The number of benzene rings is 2. The van der Waals surface area contributed by atoms with E-state index in [1.807, 2.05) is 26.0 Å². The Bertz CT molecular complexity index is 1870. The number of nitrogens with two attached hydrogens (primary N) is 1. The summed E-state index contributed by atoms with van der Waals surface area (Å²) in [5.74, 6) is -0.635. The zero-order valence-electron chi connectivity index (χ0n) is 37.2. The molecule has 2 aromatic carbocycles. The van der Waals surface area contributed by atoms with Gasteiger partial charge in [-0.1, -0.05) is 47.5 Å². The fourth-order valence-corrected chi connectivity index (χ4v) is 1890. The van der Waals surface area contributed by atoms with Gasteiger partial charge < -0.3 is 30.7 Å². The Morgan fingerprint density at radius 2 is 1.17 bits per heavy atom. The van der Waals surface area contributed by atoms with Crippen molar-refractivity contribution in [3.8, 4) is 0 Å². The zero-order valence-corrected chi connectivity index (χ0v) is 85.7. The number of likely N-dealkylation sites (tertiary alicyclic amines) is 2. The summed E-state index contributed by atoms with van der Waals surface area (Å²) in [6.07, 6.45) is 3.71. The van der Waals surface area contributed by atoms with Gasteiger partial charge in [-0.3, -0.25) is 14.6 Å². The summed E-state index contributed by atoms with van der Waals surface area (Å²) in [6.45, 7) is 10.2. The third kappa shape index (κ3) is 33.2. The number of piperidine rings is 2. The van der Waals surface area contributed by atoms with Crippen LogP contribution < -0.4 is 29.6 Å². The first-order valence-electron chi connectivity index (χ1n) is 19.4. The second kappa shape index (κ2) is 47.8. The Kier molecular flexibility index (Phi) is 56.6. The minimum absolute atomic E-state index is 0. The molecule has 0 saturated carbocycles. The van der Waals surface area contributed by atoms with Crippen molar-refractivity contribution in [2.75, 3.05) is 53.5 Å². The Morgan fingerprint density at radius 3 is 1.54 bits per heavy atom. The Hall–Kier alpha value is 13.0. The molecule has 0 aliphatic carbocycles. The average Bonchev–Trinajstić information content (AvgIpc) is 3.73. The fourth-order valence-electron chi connectivity index (χ4n) is 6.81. The molecule has 3 aliphatic heterocycles. The second-order valence-electron chi connectivity index (χ2n) is 14.2. The van der Waals surface area contributed by atoms with Gasteiger partial charge in [-0.2, -0.15) is 0 Å². The molecule has 2 amide bonds. The van der Waals surface area contributed by atoms with Crippen LogP contribution in [0, 0.1) is 13.8 Å². The molecular weight excluding hydrogens is 3390 g/mol. The van der Waals surface area contributed by atoms with Crippen molar-refractivity contribution in [1.82, 2.24) is 25.3 Å². The number of aryl methyl sites for hydroxylation is 2. The summed E-state index contributed by atoms with van der Waals surface area (Å²) in [5.41, 5.74) is 10.4. The van der Waals surface area contributed by atoms with Crippen molar-refractivity contribution in [3.63, 3.8) is 0 Å². The molecule has 11 nitrogen and oxygen atoms in total. The van der Waals surface area contributed by atoms with Crippen LogP contribution in [0.4, 0.5) is 4.79 Å². The Labute approximate surface area is 601 Å². The number of esters is 2. The van der Waals surface area contributed by atoms with Gasteiger partial charge in [0.15, 0.2) is 0 Å². The van der Waals surface area contributed by atoms with E-state index < -0.39 is 12.1 Å². The van der Waals surface area contributed by atoms with E-state index >= 15 is 0 Å². The predicted molar refractivity (Wildman–Crippen MR) is 483 cm³/mol. The molecule has 3 fully saturated rings.